The van der Waals surface area contributed by atoms with E-state index < -0.39 is 28.3 Å². The van der Waals surface area contributed by atoms with Crippen molar-refractivity contribution < 1.29 is 21.6 Å². The van der Waals surface area contributed by atoms with Crippen LogP contribution in [0.1, 0.15) is 11.1 Å². The molecule has 0 unspecified atom stereocenters. The van der Waals surface area contributed by atoms with Crippen molar-refractivity contribution in [3.8, 4) is 0 Å². The SMILES string of the molecule is Cc1ccc(S(=O)(=O)N[C@@H]([C@@H](/C=C/c2ccccc2)Nc2ccccc2)C(F)(F)F)cc1. The number of rotatable bonds is 8. The van der Waals surface area contributed by atoms with E-state index >= 15 is 0 Å². The number of nitrogens with one attached hydrogen (secondary N) is 2. The van der Waals surface area contributed by atoms with Crippen LogP contribution in [-0.2, 0) is 10.0 Å². The molecular formula is C24H23F3N2O2S. The highest BCUT2D eigenvalue weighted by atomic mass is 32.2. The molecule has 0 radical (unpaired) electrons. The predicted molar refractivity (Wildman–Crippen MR) is 121 cm³/mol. The standard InChI is InChI=1S/C24H23F3N2O2S/c1-18-12-15-21(16-13-18)32(30,31)29-23(24(25,26)27)22(28-20-10-6-3-7-11-20)17-14-19-8-4-2-5-9-19/h2-17,22-23,28-29H,1H3/b17-14+/t22-,23+/m1/s1. The summed E-state index contributed by atoms with van der Waals surface area (Å²) in [5.74, 6) is 0. The third kappa shape index (κ3) is 6.45. The number of para-hydroxylation sites is 1. The van der Waals surface area contributed by atoms with Crippen molar-refractivity contribution in [2.75, 3.05) is 5.32 Å². The number of hydrogen-bond acceptors (Lipinski definition) is 3. The van der Waals surface area contributed by atoms with Crippen molar-refractivity contribution in [3.63, 3.8) is 0 Å². The zero-order chi connectivity index (χ0) is 23.2. The van der Waals surface area contributed by atoms with E-state index in [0.717, 1.165) is 5.56 Å². The van der Waals surface area contributed by atoms with Gasteiger partial charge in [0.05, 0.1) is 10.9 Å². The number of hydrogen-bond donors (Lipinski definition) is 2. The average molecular weight is 461 g/mol. The number of alkyl halides is 3. The fourth-order valence-corrected chi connectivity index (χ4v) is 4.29. The first-order chi connectivity index (χ1) is 15.1. The second-order valence-electron chi connectivity index (χ2n) is 7.26. The van der Waals surface area contributed by atoms with Gasteiger partial charge in [0.15, 0.2) is 0 Å². The molecule has 2 N–H and O–H groups in total. The molecule has 0 saturated heterocycles. The van der Waals surface area contributed by atoms with Gasteiger partial charge in [-0.05, 0) is 36.8 Å². The maximum atomic E-state index is 14.1. The fraction of sp³-hybridized carbons (Fsp3) is 0.167. The number of halogens is 3. The Morgan fingerprint density at radius 2 is 1.41 bits per heavy atom. The van der Waals surface area contributed by atoms with Crippen LogP contribution in [0, 0.1) is 6.92 Å². The molecule has 0 bridgehead atoms. The molecule has 0 aromatic heterocycles. The van der Waals surface area contributed by atoms with Crippen molar-refractivity contribution in [3.05, 3.63) is 102 Å². The van der Waals surface area contributed by atoms with E-state index in [4.69, 9.17) is 0 Å². The van der Waals surface area contributed by atoms with E-state index in [0.29, 0.717) is 11.3 Å². The summed E-state index contributed by atoms with van der Waals surface area (Å²) in [6, 6.07) is 19.0. The van der Waals surface area contributed by atoms with E-state index in [1.807, 2.05) is 4.72 Å². The number of aryl methyl sites for hydroxylation is 1. The van der Waals surface area contributed by atoms with Gasteiger partial charge in [0, 0.05) is 5.69 Å². The molecule has 0 aliphatic carbocycles. The van der Waals surface area contributed by atoms with E-state index in [1.54, 1.807) is 67.6 Å². The number of benzene rings is 3. The minimum Gasteiger partial charge on any atom is -0.377 e. The highest BCUT2D eigenvalue weighted by molar-refractivity contribution is 7.89. The third-order valence-corrected chi connectivity index (χ3v) is 6.18. The van der Waals surface area contributed by atoms with Gasteiger partial charge in [-0.15, -0.1) is 0 Å². The zero-order valence-electron chi connectivity index (χ0n) is 17.3. The molecule has 32 heavy (non-hydrogen) atoms. The summed E-state index contributed by atoms with van der Waals surface area (Å²) >= 11 is 0. The lowest BCUT2D eigenvalue weighted by molar-refractivity contribution is -0.152. The van der Waals surface area contributed by atoms with Crippen molar-refractivity contribution in [1.29, 1.82) is 0 Å². The van der Waals surface area contributed by atoms with E-state index in [1.165, 1.54) is 36.4 Å². The monoisotopic (exact) mass is 460 g/mol. The lowest BCUT2D eigenvalue weighted by Crippen LogP contribution is -2.54. The second kappa shape index (κ2) is 10.0. The van der Waals surface area contributed by atoms with Gasteiger partial charge in [-0.25, -0.2) is 8.42 Å². The minimum absolute atomic E-state index is 0.233. The molecular weight excluding hydrogens is 437 g/mol. The molecule has 8 heteroatoms. The molecule has 0 aliphatic heterocycles. The van der Waals surface area contributed by atoms with Crippen LogP contribution in [0.15, 0.2) is 95.9 Å². The van der Waals surface area contributed by atoms with Crippen LogP contribution < -0.4 is 10.0 Å². The van der Waals surface area contributed by atoms with Crippen LogP contribution in [-0.4, -0.2) is 26.7 Å². The summed E-state index contributed by atoms with van der Waals surface area (Å²) in [7, 11) is -4.42. The lowest BCUT2D eigenvalue weighted by Gasteiger charge is -2.29. The molecule has 4 nitrogen and oxygen atoms in total. The maximum Gasteiger partial charge on any atom is 0.407 e. The molecule has 0 amide bonds. The summed E-state index contributed by atoms with van der Waals surface area (Å²) in [6.07, 6.45) is -2.01. The Morgan fingerprint density at radius 1 is 0.844 bits per heavy atom. The van der Waals surface area contributed by atoms with Crippen molar-refractivity contribution in [2.24, 2.45) is 0 Å². The van der Waals surface area contributed by atoms with Crippen LogP contribution in [0.4, 0.5) is 18.9 Å². The highest BCUT2D eigenvalue weighted by Gasteiger charge is 2.46. The Balaban J connectivity index is 1.97. The third-order valence-electron chi connectivity index (χ3n) is 4.73. The first-order valence-corrected chi connectivity index (χ1v) is 11.3. The van der Waals surface area contributed by atoms with Crippen LogP contribution in [0.5, 0.6) is 0 Å². The first-order valence-electron chi connectivity index (χ1n) is 9.86. The largest absolute Gasteiger partial charge is 0.407 e. The Bertz CT molecular complexity index is 1130. The average Bonchev–Trinajstić information content (AvgIpc) is 2.76. The smallest absolute Gasteiger partial charge is 0.377 e. The molecule has 3 rings (SSSR count). The van der Waals surface area contributed by atoms with Crippen LogP contribution in [0.25, 0.3) is 6.08 Å². The van der Waals surface area contributed by atoms with E-state index in [-0.39, 0.29) is 4.90 Å². The molecule has 0 heterocycles. The van der Waals surface area contributed by atoms with Gasteiger partial charge in [0.2, 0.25) is 10.0 Å². The van der Waals surface area contributed by atoms with Crippen molar-refractivity contribution in [1.82, 2.24) is 4.72 Å². The summed E-state index contributed by atoms with van der Waals surface area (Å²) < 4.78 is 69.7. The first kappa shape index (κ1) is 23.6. The number of anilines is 1. The van der Waals surface area contributed by atoms with Gasteiger partial charge in [0.25, 0.3) is 0 Å². The van der Waals surface area contributed by atoms with Crippen LogP contribution in [0.2, 0.25) is 0 Å². The molecule has 3 aromatic carbocycles. The van der Waals surface area contributed by atoms with Gasteiger partial charge in [0.1, 0.15) is 6.04 Å². The highest BCUT2D eigenvalue weighted by Crippen LogP contribution is 2.27. The Hall–Kier alpha value is -3.10. The lowest BCUT2D eigenvalue weighted by atomic mass is 10.1. The van der Waals surface area contributed by atoms with Crippen LogP contribution in [0.3, 0.4) is 0 Å². The maximum absolute atomic E-state index is 14.1. The topological polar surface area (TPSA) is 58.2 Å². The van der Waals surface area contributed by atoms with Gasteiger partial charge in [-0.3, -0.25) is 0 Å². The molecule has 0 spiro atoms. The van der Waals surface area contributed by atoms with Gasteiger partial charge < -0.3 is 5.32 Å². The Labute approximate surface area is 185 Å². The number of sulfonamides is 1. The van der Waals surface area contributed by atoms with Crippen LogP contribution >= 0.6 is 0 Å². The summed E-state index contributed by atoms with van der Waals surface area (Å²) in [6.45, 7) is 1.76. The van der Waals surface area contributed by atoms with Gasteiger partial charge >= 0.3 is 6.18 Å². The summed E-state index contributed by atoms with van der Waals surface area (Å²) in [5.41, 5.74) is 1.92. The minimum atomic E-state index is -4.86. The summed E-state index contributed by atoms with van der Waals surface area (Å²) in [4.78, 5) is -0.233. The quantitative estimate of drug-likeness (QED) is 0.473. The van der Waals surface area contributed by atoms with E-state index in [2.05, 4.69) is 5.32 Å². The molecule has 168 valence electrons. The Morgan fingerprint density at radius 3 is 1.97 bits per heavy atom. The molecule has 0 saturated carbocycles. The molecule has 0 fully saturated rings. The predicted octanol–water partition coefficient (Wildman–Crippen LogP) is 5.40. The second-order valence-corrected chi connectivity index (χ2v) is 8.97. The van der Waals surface area contributed by atoms with Gasteiger partial charge in [-0.1, -0.05) is 78.4 Å². The summed E-state index contributed by atoms with van der Waals surface area (Å²) in [5, 5.41) is 2.81. The van der Waals surface area contributed by atoms with E-state index in [9.17, 15) is 21.6 Å². The molecule has 2 atom stereocenters. The molecule has 0 aliphatic rings. The van der Waals surface area contributed by atoms with Crippen molar-refractivity contribution in [2.45, 2.75) is 30.1 Å². The normalized spacial score (nSPS) is 14.2. The Kier molecular flexibility index (Phi) is 7.37. The van der Waals surface area contributed by atoms with Crippen molar-refractivity contribution >= 4 is 21.8 Å². The van der Waals surface area contributed by atoms with Gasteiger partial charge in [-0.2, -0.15) is 17.9 Å². The fourth-order valence-electron chi connectivity index (χ4n) is 3.04. The zero-order valence-corrected chi connectivity index (χ0v) is 18.1. The molecule has 3 aromatic rings.